The lowest BCUT2D eigenvalue weighted by Crippen LogP contribution is -2.33. The van der Waals surface area contributed by atoms with E-state index < -0.39 is 0 Å². The molecule has 0 fully saturated rings. The maximum absolute atomic E-state index is 12.4. The number of ether oxygens (including phenoxy) is 1. The maximum Gasteiger partial charge on any atom is 0.280 e. The Bertz CT molecular complexity index is 948. The Balaban J connectivity index is 1.67. The van der Waals surface area contributed by atoms with Crippen LogP contribution in [-0.2, 0) is 11.2 Å². The first-order valence-corrected chi connectivity index (χ1v) is 9.47. The van der Waals surface area contributed by atoms with Crippen molar-refractivity contribution >= 4 is 39.2 Å². The summed E-state index contributed by atoms with van der Waals surface area (Å²) in [6, 6.07) is 9.28. The van der Waals surface area contributed by atoms with Gasteiger partial charge in [0.25, 0.3) is 5.56 Å². The largest absolute Gasteiger partial charge is 0.497 e. The van der Waals surface area contributed by atoms with Gasteiger partial charge in [0.15, 0.2) is 0 Å². The molecule has 3 rings (SSSR count). The van der Waals surface area contributed by atoms with Crippen molar-refractivity contribution in [1.82, 2.24) is 9.66 Å². The molecule has 2 aromatic heterocycles. The second-order valence-corrected chi connectivity index (χ2v) is 7.37. The molecule has 1 N–H and O–H groups in total. The summed E-state index contributed by atoms with van der Waals surface area (Å²) < 4.78 is 6.24. The van der Waals surface area contributed by atoms with Gasteiger partial charge in [-0.1, -0.05) is 6.92 Å². The summed E-state index contributed by atoms with van der Waals surface area (Å²) in [5, 5.41) is 0.535. The average Bonchev–Trinajstić information content (AvgIpc) is 3.07. The van der Waals surface area contributed by atoms with E-state index in [4.69, 9.17) is 4.74 Å². The van der Waals surface area contributed by atoms with Crippen LogP contribution in [0, 0.1) is 0 Å². The lowest BCUT2D eigenvalue weighted by atomic mass is 10.3. The number of methoxy groups -OCH3 is 1. The van der Waals surface area contributed by atoms with Crippen LogP contribution in [0.1, 0.15) is 11.8 Å². The molecular formula is C17H17N3O3S2. The number of thiophene rings is 1. The van der Waals surface area contributed by atoms with Crippen molar-refractivity contribution in [2.24, 2.45) is 0 Å². The van der Waals surface area contributed by atoms with Crippen LogP contribution in [0.2, 0.25) is 0 Å². The first kappa shape index (κ1) is 17.5. The zero-order chi connectivity index (χ0) is 17.8. The average molecular weight is 375 g/mol. The van der Waals surface area contributed by atoms with Gasteiger partial charge in [0, 0.05) is 9.77 Å². The monoisotopic (exact) mass is 375 g/mol. The third-order valence-corrected chi connectivity index (χ3v) is 5.73. The highest BCUT2D eigenvalue weighted by atomic mass is 32.2. The van der Waals surface area contributed by atoms with E-state index in [9.17, 15) is 9.59 Å². The lowest BCUT2D eigenvalue weighted by molar-refractivity contribution is -0.114. The van der Waals surface area contributed by atoms with Crippen molar-refractivity contribution in [3.05, 3.63) is 51.9 Å². The van der Waals surface area contributed by atoms with Gasteiger partial charge in [-0.25, -0.2) is 9.66 Å². The molecule has 0 aliphatic heterocycles. The van der Waals surface area contributed by atoms with Crippen molar-refractivity contribution in [2.45, 2.75) is 18.2 Å². The van der Waals surface area contributed by atoms with Crippen LogP contribution in [-0.4, -0.2) is 28.4 Å². The van der Waals surface area contributed by atoms with E-state index in [0.717, 1.165) is 26.6 Å². The van der Waals surface area contributed by atoms with Crippen LogP contribution in [0.4, 0.5) is 0 Å². The summed E-state index contributed by atoms with van der Waals surface area (Å²) in [6.45, 7) is 2.03. The fourth-order valence-electron chi connectivity index (χ4n) is 2.21. The molecule has 0 atom stereocenters. The summed E-state index contributed by atoms with van der Waals surface area (Å²) in [5.74, 6) is 0.692. The quantitative estimate of drug-likeness (QED) is 0.671. The summed E-state index contributed by atoms with van der Waals surface area (Å²) >= 11 is 2.88. The zero-order valence-electron chi connectivity index (χ0n) is 13.8. The van der Waals surface area contributed by atoms with Crippen molar-refractivity contribution in [3.8, 4) is 5.75 Å². The molecule has 130 valence electrons. The van der Waals surface area contributed by atoms with Gasteiger partial charge in [-0.15, -0.1) is 23.1 Å². The van der Waals surface area contributed by atoms with E-state index in [-0.39, 0.29) is 17.2 Å². The molecule has 0 unspecified atom stereocenters. The predicted molar refractivity (Wildman–Crippen MR) is 101 cm³/mol. The number of rotatable bonds is 6. The number of hydrogen-bond acceptors (Lipinski definition) is 6. The molecule has 0 aliphatic carbocycles. The van der Waals surface area contributed by atoms with E-state index in [2.05, 4.69) is 10.4 Å². The second kappa shape index (κ2) is 7.71. The van der Waals surface area contributed by atoms with Gasteiger partial charge in [-0.2, -0.15) is 0 Å². The van der Waals surface area contributed by atoms with Crippen LogP contribution in [0.5, 0.6) is 5.75 Å². The number of nitrogens with zero attached hydrogens (tertiary/aromatic N) is 2. The van der Waals surface area contributed by atoms with Crippen molar-refractivity contribution < 1.29 is 9.53 Å². The number of fused-ring (bicyclic) bond motifs is 1. The smallest absolute Gasteiger partial charge is 0.280 e. The molecule has 2 heterocycles. The van der Waals surface area contributed by atoms with Crippen LogP contribution in [0.25, 0.3) is 10.2 Å². The van der Waals surface area contributed by atoms with Gasteiger partial charge >= 0.3 is 0 Å². The molecule has 8 heteroatoms. The fraction of sp³-hybridized carbons (Fsp3) is 0.235. The molecule has 0 saturated carbocycles. The highest BCUT2D eigenvalue weighted by Gasteiger charge is 2.10. The number of nitrogens with one attached hydrogen (secondary N) is 1. The molecule has 0 radical (unpaired) electrons. The fourth-order valence-corrected chi connectivity index (χ4v) is 3.83. The van der Waals surface area contributed by atoms with E-state index in [1.165, 1.54) is 29.4 Å². The zero-order valence-corrected chi connectivity index (χ0v) is 15.4. The molecule has 3 aromatic rings. The third-order valence-electron chi connectivity index (χ3n) is 3.53. The molecule has 0 aliphatic rings. The number of carbonyl (C=O) groups excluding carboxylic acids is 1. The Morgan fingerprint density at radius 2 is 2.12 bits per heavy atom. The van der Waals surface area contributed by atoms with E-state index in [1.54, 1.807) is 7.11 Å². The van der Waals surface area contributed by atoms with Gasteiger partial charge in [-0.3, -0.25) is 15.0 Å². The standard InChI is InChI=1S/C17H17N3O3S2/c1-3-12-8-14-16(25-12)18-10-20(17(14)22)19-15(21)9-24-13-6-4-11(23-2)5-7-13/h4-8,10H,3,9H2,1-2H3,(H,19,21). The van der Waals surface area contributed by atoms with Crippen LogP contribution < -0.4 is 15.7 Å². The summed E-state index contributed by atoms with van der Waals surface area (Å²) in [6.07, 6.45) is 2.21. The highest BCUT2D eigenvalue weighted by Crippen LogP contribution is 2.22. The second-order valence-electron chi connectivity index (χ2n) is 5.20. The van der Waals surface area contributed by atoms with E-state index in [0.29, 0.717) is 10.2 Å². The number of aryl methyl sites for hydroxylation is 1. The molecule has 1 amide bonds. The summed E-state index contributed by atoms with van der Waals surface area (Å²) in [7, 11) is 1.61. The number of hydrogen-bond donors (Lipinski definition) is 1. The van der Waals surface area contributed by atoms with Crippen LogP contribution in [0.15, 0.2) is 46.3 Å². The number of thioether (sulfide) groups is 1. The van der Waals surface area contributed by atoms with Gasteiger partial charge in [0.2, 0.25) is 5.91 Å². The molecular weight excluding hydrogens is 358 g/mol. The van der Waals surface area contributed by atoms with E-state index >= 15 is 0 Å². The first-order valence-electron chi connectivity index (χ1n) is 7.67. The van der Waals surface area contributed by atoms with E-state index in [1.807, 2.05) is 37.3 Å². The van der Waals surface area contributed by atoms with Gasteiger partial charge in [0.1, 0.15) is 16.9 Å². The molecule has 0 saturated heterocycles. The Labute approximate surface area is 152 Å². The summed E-state index contributed by atoms with van der Waals surface area (Å²) in [5.41, 5.74) is 2.32. The van der Waals surface area contributed by atoms with Crippen molar-refractivity contribution in [1.29, 1.82) is 0 Å². The highest BCUT2D eigenvalue weighted by molar-refractivity contribution is 8.00. The Morgan fingerprint density at radius 1 is 1.36 bits per heavy atom. The first-order chi connectivity index (χ1) is 12.1. The minimum absolute atomic E-state index is 0.195. The Kier molecular flexibility index (Phi) is 5.40. The molecule has 25 heavy (non-hydrogen) atoms. The lowest BCUT2D eigenvalue weighted by Gasteiger charge is -2.07. The number of amides is 1. The number of benzene rings is 1. The van der Waals surface area contributed by atoms with Crippen molar-refractivity contribution in [3.63, 3.8) is 0 Å². The summed E-state index contributed by atoms with van der Waals surface area (Å²) in [4.78, 5) is 31.5. The third kappa shape index (κ3) is 4.02. The minimum atomic E-state index is -0.269. The SMILES string of the molecule is CCc1cc2c(=O)n(NC(=O)CSc3ccc(OC)cc3)cnc2s1. The molecule has 1 aromatic carbocycles. The minimum Gasteiger partial charge on any atom is -0.497 e. The number of aromatic nitrogens is 2. The van der Waals surface area contributed by atoms with Crippen LogP contribution >= 0.6 is 23.1 Å². The Hall–Kier alpha value is -2.32. The van der Waals surface area contributed by atoms with Gasteiger partial charge in [-0.05, 0) is 36.8 Å². The van der Waals surface area contributed by atoms with Crippen LogP contribution in [0.3, 0.4) is 0 Å². The predicted octanol–water partition coefficient (Wildman–Crippen LogP) is 2.89. The molecule has 0 spiro atoms. The van der Waals surface area contributed by atoms with Crippen molar-refractivity contribution in [2.75, 3.05) is 18.3 Å². The molecule has 0 bridgehead atoms. The van der Waals surface area contributed by atoms with Gasteiger partial charge < -0.3 is 4.74 Å². The maximum atomic E-state index is 12.4. The van der Waals surface area contributed by atoms with Gasteiger partial charge in [0.05, 0.1) is 18.2 Å². The number of carbonyl (C=O) groups is 1. The Morgan fingerprint density at radius 3 is 2.80 bits per heavy atom. The normalized spacial score (nSPS) is 10.8. The topological polar surface area (TPSA) is 73.2 Å². The molecule has 6 nitrogen and oxygen atoms in total.